The van der Waals surface area contributed by atoms with Crippen LogP contribution in [-0.2, 0) is 6.42 Å². The first-order chi connectivity index (χ1) is 17.7. The van der Waals surface area contributed by atoms with Crippen molar-refractivity contribution >= 4 is 0 Å². The van der Waals surface area contributed by atoms with Crippen LogP contribution in [0.1, 0.15) is 17.2 Å². The van der Waals surface area contributed by atoms with E-state index < -0.39 is 6.10 Å². The standard InChI is InChI=1S/C31H33NO4/c1-34-30-18-17-25(20-31(30)35-2)28(19-23-11-5-3-6-12-23)32-21-26(33)22-36-29-16-10-9-15-27(29)24-13-7-4-8-14-24/h3-18,20,26,28,32-33H,19,21-22H2,1-2H3/t26-,28?/m0/s1. The maximum atomic E-state index is 10.8. The molecule has 4 aromatic carbocycles. The molecule has 4 aromatic rings. The molecule has 0 saturated carbocycles. The van der Waals surface area contributed by atoms with Gasteiger partial charge < -0.3 is 24.6 Å². The second kappa shape index (κ2) is 12.8. The van der Waals surface area contributed by atoms with Crippen molar-refractivity contribution in [3.63, 3.8) is 0 Å². The lowest BCUT2D eigenvalue weighted by Gasteiger charge is -2.23. The molecular weight excluding hydrogens is 450 g/mol. The number of aliphatic hydroxyl groups excluding tert-OH is 1. The molecule has 0 aliphatic carbocycles. The van der Waals surface area contributed by atoms with Gasteiger partial charge in [0.1, 0.15) is 18.5 Å². The predicted octanol–water partition coefficient (Wildman–Crippen LogP) is 5.68. The maximum absolute atomic E-state index is 10.8. The normalized spacial score (nSPS) is 12.5. The second-order valence-corrected chi connectivity index (χ2v) is 8.59. The Balaban J connectivity index is 1.44. The van der Waals surface area contributed by atoms with E-state index in [1.54, 1.807) is 14.2 Å². The minimum atomic E-state index is -0.688. The number of para-hydroxylation sites is 1. The number of ether oxygens (including phenoxy) is 3. The molecular formula is C31H33NO4. The number of benzene rings is 4. The van der Waals surface area contributed by atoms with Crippen LogP contribution >= 0.6 is 0 Å². The van der Waals surface area contributed by atoms with Gasteiger partial charge in [0.25, 0.3) is 0 Å². The minimum Gasteiger partial charge on any atom is -0.493 e. The SMILES string of the molecule is COc1ccc(C(Cc2ccccc2)NC[C@H](O)COc2ccccc2-c2ccccc2)cc1OC. The summed E-state index contributed by atoms with van der Waals surface area (Å²) in [6.07, 6.45) is 0.0769. The number of hydrogen-bond acceptors (Lipinski definition) is 5. The van der Waals surface area contributed by atoms with Crippen molar-refractivity contribution in [1.29, 1.82) is 0 Å². The summed E-state index contributed by atoms with van der Waals surface area (Å²) in [5, 5.41) is 14.3. The summed E-state index contributed by atoms with van der Waals surface area (Å²) in [5.41, 5.74) is 4.34. The Morgan fingerprint density at radius 1 is 0.722 bits per heavy atom. The number of nitrogens with one attached hydrogen (secondary N) is 1. The van der Waals surface area contributed by atoms with Crippen molar-refractivity contribution in [3.05, 3.63) is 114 Å². The Labute approximate surface area is 213 Å². The van der Waals surface area contributed by atoms with Gasteiger partial charge in [0.15, 0.2) is 11.5 Å². The maximum Gasteiger partial charge on any atom is 0.161 e. The first kappa shape index (κ1) is 25.3. The van der Waals surface area contributed by atoms with Gasteiger partial charge in [-0.2, -0.15) is 0 Å². The minimum absolute atomic E-state index is 0.0292. The molecule has 0 radical (unpaired) electrons. The van der Waals surface area contributed by atoms with Crippen LogP contribution in [-0.4, -0.2) is 38.6 Å². The molecule has 0 aliphatic rings. The quantitative estimate of drug-likeness (QED) is 0.271. The predicted molar refractivity (Wildman–Crippen MR) is 144 cm³/mol. The van der Waals surface area contributed by atoms with Crippen LogP contribution in [0, 0.1) is 0 Å². The topological polar surface area (TPSA) is 60.0 Å². The first-order valence-electron chi connectivity index (χ1n) is 12.1. The number of hydrogen-bond donors (Lipinski definition) is 2. The average Bonchev–Trinajstić information content (AvgIpc) is 2.95. The highest BCUT2D eigenvalue weighted by Crippen LogP contribution is 2.32. The fraction of sp³-hybridized carbons (Fsp3) is 0.226. The van der Waals surface area contributed by atoms with E-state index in [4.69, 9.17) is 14.2 Å². The Bertz CT molecular complexity index is 1210. The molecule has 1 unspecified atom stereocenters. The van der Waals surface area contributed by atoms with Crippen molar-refractivity contribution in [2.24, 2.45) is 0 Å². The van der Waals surface area contributed by atoms with Gasteiger partial charge in [0.2, 0.25) is 0 Å². The summed E-state index contributed by atoms with van der Waals surface area (Å²) in [6.45, 7) is 0.556. The number of methoxy groups -OCH3 is 2. The molecule has 2 atom stereocenters. The Morgan fingerprint density at radius 2 is 1.39 bits per heavy atom. The molecule has 5 heteroatoms. The lowest BCUT2D eigenvalue weighted by atomic mass is 9.98. The summed E-state index contributed by atoms with van der Waals surface area (Å²) < 4.78 is 17.0. The van der Waals surface area contributed by atoms with E-state index in [1.165, 1.54) is 5.56 Å². The average molecular weight is 484 g/mol. The van der Waals surface area contributed by atoms with Gasteiger partial charge in [0.05, 0.1) is 14.2 Å². The van der Waals surface area contributed by atoms with Crippen LogP contribution in [0.15, 0.2) is 103 Å². The van der Waals surface area contributed by atoms with Crippen LogP contribution in [0.25, 0.3) is 11.1 Å². The zero-order valence-electron chi connectivity index (χ0n) is 20.8. The molecule has 0 aromatic heterocycles. The van der Waals surface area contributed by atoms with Crippen LogP contribution in [0.4, 0.5) is 0 Å². The van der Waals surface area contributed by atoms with Gasteiger partial charge in [-0.3, -0.25) is 0 Å². The molecule has 36 heavy (non-hydrogen) atoms. The van der Waals surface area contributed by atoms with E-state index in [-0.39, 0.29) is 12.6 Å². The van der Waals surface area contributed by atoms with Gasteiger partial charge in [-0.05, 0) is 41.3 Å². The van der Waals surface area contributed by atoms with E-state index in [9.17, 15) is 5.11 Å². The summed E-state index contributed by atoms with van der Waals surface area (Å²) in [7, 11) is 3.26. The third kappa shape index (κ3) is 6.66. The van der Waals surface area contributed by atoms with Gasteiger partial charge in [-0.1, -0.05) is 84.9 Å². The third-order valence-electron chi connectivity index (χ3n) is 6.10. The van der Waals surface area contributed by atoms with Crippen LogP contribution in [0.2, 0.25) is 0 Å². The first-order valence-corrected chi connectivity index (χ1v) is 12.1. The Morgan fingerprint density at radius 3 is 2.11 bits per heavy atom. The fourth-order valence-electron chi connectivity index (χ4n) is 4.20. The molecule has 0 saturated heterocycles. The number of aliphatic hydroxyl groups is 1. The molecule has 2 N–H and O–H groups in total. The monoisotopic (exact) mass is 483 g/mol. The van der Waals surface area contributed by atoms with Gasteiger partial charge in [0, 0.05) is 18.2 Å². The third-order valence-corrected chi connectivity index (χ3v) is 6.10. The molecule has 4 rings (SSSR count). The van der Waals surface area contributed by atoms with Crippen molar-refractivity contribution in [1.82, 2.24) is 5.32 Å². The molecule has 0 amide bonds. The molecule has 0 bridgehead atoms. The lowest BCUT2D eigenvalue weighted by Crippen LogP contribution is -2.34. The van der Waals surface area contributed by atoms with Crippen molar-refractivity contribution < 1.29 is 19.3 Å². The van der Waals surface area contributed by atoms with E-state index in [1.807, 2.05) is 78.9 Å². The fourth-order valence-corrected chi connectivity index (χ4v) is 4.20. The largest absolute Gasteiger partial charge is 0.493 e. The molecule has 186 valence electrons. The molecule has 0 heterocycles. The van der Waals surface area contributed by atoms with Gasteiger partial charge in [-0.15, -0.1) is 0 Å². The van der Waals surface area contributed by atoms with Crippen molar-refractivity contribution in [3.8, 4) is 28.4 Å². The second-order valence-electron chi connectivity index (χ2n) is 8.59. The van der Waals surface area contributed by atoms with E-state index >= 15 is 0 Å². The number of rotatable bonds is 12. The molecule has 5 nitrogen and oxygen atoms in total. The van der Waals surface area contributed by atoms with Crippen molar-refractivity contribution in [2.45, 2.75) is 18.6 Å². The van der Waals surface area contributed by atoms with E-state index in [2.05, 4.69) is 29.6 Å². The highest BCUT2D eigenvalue weighted by atomic mass is 16.5. The smallest absolute Gasteiger partial charge is 0.161 e. The summed E-state index contributed by atoms with van der Waals surface area (Å²) >= 11 is 0. The highest BCUT2D eigenvalue weighted by Gasteiger charge is 2.17. The zero-order chi connectivity index (χ0) is 25.2. The van der Waals surface area contributed by atoms with E-state index in [0.29, 0.717) is 18.0 Å². The van der Waals surface area contributed by atoms with Gasteiger partial charge >= 0.3 is 0 Å². The van der Waals surface area contributed by atoms with Crippen LogP contribution in [0.3, 0.4) is 0 Å². The lowest BCUT2D eigenvalue weighted by molar-refractivity contribution is 0.104. The van der Waals surface area contributed by atoms with Crippen molar-refractivity contribution in [2.75, 3.05) is 27.4 Å². The summed E-state index contributed by atoms with van der Waals surface area (Å²) in [4.78, 5) is 0. The highest BCUT2D eigenvalue weighted by molar-refractivity contribution is 5.70. The van der Waals surface area contributed by atoms with Gasteiger partial charge in [-0.25, -0.2) is 0 Å². The molecule has 0 spiro atoms. The molecule has 0 aliphatic heterocycles. The Hall–Kier alpha value is -3.80. The van der Waals surface area contributed by atoms with Crippen LogP contribution < -0.4 is 19.5 Å². The molecule has 0 fully saturated rings. The zero-order valence-corrected chi connectivity index (χ0v) is 20.8. The summed E-state index contributed by atoms with van der Waals surface area (Å²) in [5.74, 6) is 2.12. The Kier molecular flexibility index (Phi) is 8.98. The van der Waals surface area contributed by atoms with E-state index in [0.717, 1.165) is 28.9 Å². The summed E-state index contributed by atoms with van der Waals surface area (Å²) in [6, 6.07) is 34.2. The van der Waals surface area contributed by atoms with Crippen LogP contribution in [0.5, 0.6) is 17.2 Å².